The first kappa shape index (κ1) is 67.6. The van der Waals surface area contributed by atoms with E-state index in [2.05, 4.69) is 40.9 Å². The van der Waals surface area contributed by atoms with E-state index >= 15 is 0 Å². The zero-order chi connectivity index (χ0) is 60.6. The first-order valence-electron chi connectivity index (χ1n) is 30.7. The van der Waals surface area contributed by atoms with Crippen molar-refractivity contribution in [2.24, 2.45) is 0 Å². The smallest absolute Gasteiger partial charge is 0.330 e. The van der Waals surface area contributed by atoms with Gasteiger partial charge in [0.15, 0.2) is 0 Å². The Hall–Kier alpha value is -7.22. The van der Waals surface area contributed by atoms with Crippen molar-refractivity contribution in [1.29, 1.82) is 0 Å². The quantitative estimate of drug-likeness (QED) is 0.0120. The van der Waals surface area contributed by atoms with E-state index in [0.29, 0.717) is 71.7 Å². The number of hydrogen-bond donors (Lipinski definition) is 0. The van der Waals surface area contributed by atoms with Crippen LogP contribution in [-0.2, 0) is 99.8 Å². The lowest BCUT2D eigenvalue weighted by atomic mass is 9.88. The van der Waals surface area contributed by atoms with Gasteiger partial charge in [0.2, 0.25) is 0 Å². The molecule has 456 valence electrons. The maximum atomic E-state index is 13.1. The average Bonchev–Trinajstić information content (AvgIpc) is 1.97. The summed E-state index contributed by atoms with van der Waals surface area (Å²) < 4.78 is 51.3. The molecule has 8 bridgehead atoms. The summed E-state index contributed by atoms with van der Waals surface area (Å²) in [4.78, 5) is 76.0. The topological polar surface area (TPSA) is 176 Å². The summed E-state index contributed by atoms with van der Waals surface area (Å²) >= 11 is 0. The molecular formula is C70H92O14. The van der Waals surface area contributed by atoms with Gasteiger partial charge in [-0.1, -0.05) is 118 Å². The van der Waals surface area contributed by atoms with Crippen molar-refractivity contribution in [3.63, 3.8) is 0 Å². The van der Waals surface area contributed by atoms with E-state index in [-0.39, 0.29) is 76.5 Å². The molecule has 84 heavy (non-hydrogen) atoms. The van der Waals surface area contributed by atoms with Crippen molar-refractivity contribution in [1.82, 2.24) is 0 Å². The van der Waals surface area contributed by atoms with Crippen LogP contribution in [0.4, 0.5) is 0 Å². The van der Waals surface area contributed by atoms with Gasteiger partial charge in [-0.25, -0.2) is 9.59 Å². The van der Waals surface area contributed by atoms with E-state index in [4.69, 9.17) is 37.9 Å². The molecule has 0 N–H and O–H groups in total. The number of rotatable bonds is 38. The van der Waals surface area contributed by atoms with Gasteiger partial charge in [-0.15, -0.1) is 0 Å². The standard InChI is InChI=1S/C70H92O14/c1-9-15-19-23-27-77-67-55-33-51(45-81-63(73)13-5)35-57(67)42-59-37-53(47-83-65(75)31-49(7)71)39-61(69(59)79-29-25-21-17-11-3)44-62-40-54(48-84-66(76)32-50(8)72)38-60(70(62)80-30-26-22-18-12-4)43-58-36-52(46-82-64(74)14-6)34-56(41-55)68(58)78-28-24-20-16-10-2/h13-14,33-40H,5-6,9-12,15-32,41-48H2,1-4,7-8H3. The largest absolute Gasteiger partial charge is 0.493 e. The van der Waals surface area contributed by atoms with Crippen LogP contribution in [0.25, 0.3) is 0 Å². The molecule has 0 spiro atoms. The van der Waals surface area contributed by atoms with E-state index in [1.54, 1.807) is 0 Å². The number of fused-ring (bicyclic) bond motifs is 8. The Balaban J connectivity index is 1.96. The first-order valence-corrected chi connectivity index (χ1v) is 30.7. The summed E-state index contributed by atoms with van der Waals surface area (Å²) in [5.41, 5.74) is 8.98. The molecule has 1 aliphatic carbocycles. The maximum absolute atomic E-state index is 13.1. The first-order chi connectivity index (χ1) is 40.7. The molecule has 0 fully saturated rings. The molecule has 14 nitrogen and oxygen atoms in total. The molecule has 14 heteroatoms. The minimum atomic E-state index is -0.647. The van der Waals surface area contributed by atoms with Crippen LogP contribution in [0.15, 0.2) is 73.8 Å². The van der Waals surface area contributed by atoms with Gasteiger partial charge in [-0.3, -0.25) is 19.2 Å². The molecule has 1 aliphatic rings. The lowest BCUT2D eigenvalue weighted by Gasteiger charge is -2.25. The highest BCUT2D eigenvalue weighted by Gasteiger charge is 2.26. The number of benzene rings is 4. The third kappa shape index (κ3) is 23.1. The van der Waals surface area contributed by atoms with Crippen molar-refractivity contribution in [2.45, 2.75) is 209 Å². The van der Waals surface area contributed by atoms with Gasteiger partial charge in [-0.2, -0.15) is 0 Å². The Morgan fingerprint density at radius 3 is 0.786 bits per heavy atom. The summed E-state index contributed by atoms with van der Waals surface area (Å²) in [6.07, 6.45) is 18.0. The number of carbonyl (C=O) groups excluding carboxylic acids is 6. The summed E-state index contributed by atoms with van der Waals surface area (Å²) in [6, 6.07) is 15.9. The van der Waals surface area contributed by atoms with Crippen molar-refractivity contribution >= 4 is 35.4 Å². The van der Waals surface area contributed by atoms with Crippen LogP contribution in [0.5, 0.6) is 23.0 Å². The molecule has 0 aliphatic heterocycles. The highest BCUT2D eigenvalue weighted by atomic mass is 16.5. The molecular weight excluding hydrogens is 1060 g/mol. The number of esters is 4. The molecule has 0 saturated carbocycles. The Morgan fingerprint density at radius 1 is 0.357 bits per heavy atom. The zero-order valence-electron chi connectivity index (χ0n) is 51.1. The van der Waals surface area contributed by atoms with Crippen LogP contribution in [0.1, 0.15) is 224 Å². The molecule has 5 rings (SSSR count). The van der Waals surface area contributed by atoms with Crippen LogP contribution in [0.3, 0.4) is 0 Å². The minimum absolute atomic E-state index is 0.0638. The second-order valence-electron chi connectivity index (χ2n) is 22.0. The molecule has 0 atom stereocenters. The number of ketones is 2. The lowest BCUT2D eigenvalue weighted by Crippen LogP contribution is -2.13. The van der Waals surface area contributed by atoms with Crippen molar-refractivity contribution < 1.29 is 66.7 Å². The SMILES string of the molecule is C=CC(=O)OCc1cc2c(OCCCCCC)c(c1)Cc1cc(COC(=O)CC(C)=O)cc(c1OCCCCCC)Cc1cc(COC(=O)CC(C)=O)cc(c1OCCCCCC)Cc1cc(COC(=O)C=C)cc(c1OCCCCCC)C2. The molecule has 0 unspecified atom stereocenters. The van der Waals surface area contributed by atoms with Crippen LogP contribution in [-0.4, -0.2) is 61.9 Å². The van der Waals surface area contributed by atoms with Gasteiger partial charge in [0.05, 0.1) is 26.4 Å². The van der Waals surface area contributed by atoms with E-state index in [1.807, 2.05) is 48.5 Å². The fourth-order valence-electron chi connectivity index (χ4n) is 10.3. The predicted octanol–water partition coefficient (Wildman–Crippen LogP) is 14.7. The number of hydrogen-bond acceptors (Lipinski definition) is 14. The Morgan fingerprint density at radius 2 is 0.583 bits per heavy atom. The van der Waals surface area contributed by atoms with Gasteiger partial charge >= 0.3 is 23.9 Å². The maximum Gasteiger partial charge on any atom is 0.330 e. The Kier molecular flexibility index (Phi) is 29.9. The molecule has 0 amide bonds. The fraction of sp³-hybridized carbons (Fsp3) is 0.514. The van der Waals surface area contributed by atoms with Crippen molar-refractivity contribution in [2.75, 3.05) is 26.4 Å². The Bertz CT molecular complexity index is 2650. The number of carbonyl (C=O) groups is 6. The van der Waals surface area contributed by atoms with Crippen LogP contribution < -0.4 is 18.9 Å². The second kappa shape index (κ2) is 37.2. The third-order valence-electron chi connectivity index (χ3n) is 14.4. The Labute approximate surface area is 499 Å². The highest BCUT2D eigenvalue weighted by molar-refractivity contribution is 5.94. The summed E-state index contributed by atoms with van der Waals surface area (Å²) in [5.74, 6) is -0.503. The van der Waals surface area contributed by atoms with Crippen molar-refractivity contribution in [3.8, 4) is 23.0 Å². The zero-order valence-corrected chi connectivity index (χ0v) is 51.1. The van der Waals surface area contributed by atoms with Crippen LogP contribution >= 0.6 is 0 Å². The van der Waals surface area contributed by atoms with E-state index in [0.717, 1.165) is 159 Å². The van der Waals surface area contributed by atoms with E-state index < -0.39 is 23.9 Å². The monoisotopic (exact) mass is 1160 g/mol. The third-order valence-corrected chi connectivity index (χ3v) is 14.4. The second-order valence-corrected chi connectivity index (χ2v) is 22.0. The number of unbranched alkanes of at least 4 members (excludes halogenated alkanes) is 12. The van der Waals surface area contributed by atoms with Gasteiger partial charge in [-0.05, 0) is 155 Å². The van der Waals surface area contributed by atoms with E-state index in [1.165, 1.54) is 13.8 Å². The summed E-state index contributed by atoms with van der Waals surface area (Å²) in [6.45, 7) is 19.9. The molecule has 0 saturated heterocycles. The van der Waals surface area contributed by atoms with Gasteiger partial charge in [0, 0.05) is 37.8 Å². The number of Topliss-reactive ketones (excluding diaryl/α,β-unsaturated/α-hetero) is 2. The predicted molar refractivity (Wildman–Crippen MR) is 326 cm³/mol. The lowest BCUT2D eigenvalue weighted by molar-refractivity contribution is -0.148. The van der Waals surface area contributed by atoms with Crippen LogP contribution in [0.2, 0.25) is 0 Å². The van der Waals surface area contributed by atoms with Gasteiger partial charge in [0.1, 0.15) is 73.8 Å². The van der Waals surface area contributed by atoms with Gasteiger partial charge < -0.3 is 37.9 Å². The van der Waals surface area contributed by atoms with Crippen molar-refractivity contribution in [3.05, 3.63) is 141 Å². The normalized spacial score (nSPS) is 11.7. The fourth-order valence-corrected chi connectivity index (χ4v) is 10.3. The summed E-state index contributed by atoms with van der Waals surface area (Å²) in [7, 11) is 0. The highest BCUT2D eigenvalue weighted by Crippen LogP contribution is 2.42. The number of ether oxygens (including phenoxy) is 8. The molecule has 0 heterocycles. The van der Waals surface area contributed by atoms with E-state index in [9.17, 15) is 28.8 Å². The molecule has 4 aromatic carbocycles. The minimum Gasteiger partial charge on any atom is -0.493 e. The molecule has 0 aromatic heterocycles. The summed E-state index contributed by atoms with van der Waals surface area (Å²) in [5, 5.41) is 0. The van der Waals surface area contributed by atoms with Gasteiger partial charge in [0.25, 0.3) is 0 Å². The molecule has 0 radical (unpaired) electrons. The molecule has 4 aromatic rings. The average molecular weight is 1160 g/mol. The van der Waals surface area contributed by atoms with Crippen LogP contribution in [0, 0.1) is 0 Å².